The molecule has 0 atom stereocenters. The molecule has 4 nitrogen and oxygen atoms in total. The largest absolute Gasteiger partial charge is 0.296 e. The molecule has 0 N–H and O–H groups in total. The fraction of sp³-hybridized carbons (Fsp3) is 0.100. The number of aldehydes is 1. The molecule has 0 spiro atoms. The number of carbonyl (C=O) groups is 1. The van der Waals surface area contributed by atoms with Gasteiger partial charge in [0, 0.05) is 30.6 Å². The molecule has 2 rings (SSSR count). The zero-order chi connectivity index (χ0) is 9.97. The third kappa shape index (κ3) is 1.42. The zero-order valence-corrected chi connectivity index (χ0v) is 7.71. The Morgan fingerprint density at radius 1 is 1.50 bits per heavy atom. The van der Waals surface area contributed by atoms with Crippen molar-refractivity contribution in [2.75, 3.05) is 0 Å². The number of carbonyl (C=O) groups excluding carboxylic acids is 1. The Kier molecular flexibility index (Phi) is 2.10. The first kappa shape index (κ1) is 8.62. The van der Waals surface area contributed by atoms with Crippen molar-refractivity contribution >= 4 is 6.29 Å². The van der Waals surface area contributed by atoms with E-state index < -0.39 is 0 Å². The van der Waals surface area contributed by atoms with Crippen LogP contribution in [0.2, 0.25) is 0 Å². The van der Waals surface area contributed by atoms with Crippen LogP contribution < -0.4 is 0 Å². The molecule has 0 amide bonds. The first-order chi connectivity index (χ1) is 6.81. The smallest absolute Gasteiger partial charge is 0.169 e. The summed E-state index contributed by atoms with van der Waals surface area (Å²) < 4.78 is 1.69. The second kappa shape index (κ2) is 3.41. The Balaban J connectivity index is 2.55. The Labute approximate surface area is 81.2 Å². The van der Waals surface area contributed by atoms with Crippen molar-refractivity contribution in [3.63, 3.8) is 0 Å². The summed E-state index contributed by atoms with van der Waals surface area (Å²) >= 11 is 0. The number of rotatable bonds is 2. The first-order valence-corrected chi connectivity index (χ1v) is 4.20. The van der Waals surface area contributed by atoms with Gasteiger partial charge < -0.3 is 0 Å². The SMILES string of the molecule is Cn1cc(-c2cccnc2C=O)cn1. The molecule has 2 aromatic rings. The quantitative estimate of drug-likeness (QED) is 0.665. The van der Waals surface area contributed by atoms with Crippen LogP contribution in [0.15, 0.2) is 30.7 Å². The molecule has 70 valence electrons. The third-order valence-electron chi connectivity index (χ3n) is 1.97. The fourth-order valence-corrected chi connectivity index (χ4v) is 1.32. The maximum absolute atomic E-state index is 10.7. The van der Waals surface area contributed by atoms with E-state index in [1.165, 1.54) is 0 Å². The maximum Gasteiger partial charge on any atom is 0.169 e. The molecule has 4 heteroatoms. The van der Waals surface area contributed by atoms with Crippen LogP contribution in [0.4, 0.5) is 0 Å². The average Bonchev–Trinajstić information content (AvgIpc) is 2.65. The fourth-order valence-electron chi connectivity index (χ4n) is 1.32. The molecule has 14 heavy (non-hydrogen) atoms. The minimum absolute atomic E-state index is 0.445. The number of aryl methyl sites for hydroxylation is 1. The summed E-state index contributed by atoms with van der Waals surface area (Å²) in [5, 5.41) is 4.04. The van der Waals surface area contributed by atoms with Crippen LogP contribution in [0.1, 0.15) is 10.5 Å². The van der Waals surface area contributed by atoms with Crippen molar-refractivity contribution in [2.24, 2.45) is 7.05 Å². The highest BCUT2D eigenvalue weighted by atomic mass is 16.1. The lowest BCUT2D eigenvalue weighted by atomic mass is 10.1. The highest BCUT2D eigenvalue weighted by Gasteiger charge is 2.05. The average molecular weight is 187 g/mol. The van der Waals surface area contributed by atoms with Crippen molar-refractivity contribution < 1.29 is 4.79 Å². The van der Waals surface area contributed by atoms with Crippen molar-refractivity contribution in [2.45, 2.75) is 0 Å². The van der Waals surface area contributed by atoms with Crippen molar-refractivity contribution in [1.29, 1.82) is 0 Å². The molecule has 2 aromatic heterocycles. The number of pyridine rings is 1. The molecule has 0 aliphatic carbocycles. The second-order valence-electron chi connectivity index (χ2n) is 2.96. The lowest BCUT2D eigenvalue weighted by Gasteiger charge is -1.98. The summed E-state index contributed by atoms with van der Waals surface area (Å²) in [5.41, 5.74) is 2.17. The lowest BCUT2D eigenvalue weighted by Crippen LogP contribution is -1.90. The van der Waals surface area contributed by atoms with E-state index in [0.29, 0.717) is 5.69 Å². The summed E-state index contributed by atoms with van der Waals surface area (Å²) in [7, 11) is 1.83. The Bertz CT molecular complexity index is 462. The molecule has 0 radical (unpaired) electrons. The molecule has 2 heterocycles. The molecule has 0 saturated heterocycles. The van der Waals surface area contributed by atoms with E-state index in [1.54, 1.807) is 23.1 Å². The van der Waals surface area contributed by atoms with Gasteiger partial charge in [0.1, 0.15) is 5.69 Å². The van der Waals surface area contributed by atoms with Crippen molar-refractivity contribution in [3.8, 4) is 11.1 Å². The Morgan fingerprint density at radius 2 is 2.36 bits per heavy atom. The summed E-state index contributed by atoms with van der Waals surface area (Å²) in [6.07, 6.45) is 5.92. The van der Waals surface area contributed by atoms with E-state index in [9.17, 15) is 4.79 Å². The van der Waals surface area contributed by atoms with Gasteiger partial charge >= 0.3 is 0 Å². The number of nitrogens with zero attached hydrogens (tertiary/aromatic N) is 3. The Morgan fingerprint density at radius 3 is 3.00 bits per heavy atom. The van der Waals surface area contributed by atoms with Gasteiger partial charge in [-0.2, -0.15) is 5.10 Å². The van der Waals surface area contributed by atoms with Gasteiger partial charge in [0.2, 0.25) is 0 Å². The van der Waals surface area contributed by atoms with E-state index in [1.807, 2.05) is 19.3 Å². The first-order valence-electron chi connectivity index (χ1n) is 4.20. The minimum Gasteiger partial charge on any atom is -0.296 e. The van der Waals surface area contributed by atoms with E-state index in [2.05, 4.69) is 10.1 Å². The van der Waals surface area contributed by atoms with Gasteiger partial charge in [-0.3, -0.25) is 14.5 Å². The molecule has 0 saturated carbocycles. The van der Waals surface area contributed by atoms with Crippen LogP contribution >= 0.6 is 0 Å². The predicted molar refractivity (Wildman–Crippen MR) is 51.8 cm³/mol. The third-order valence-corrected chi connectivity index (χ3v) is 1.97. The molecular weight excluding hydrogens is 178 g/mol. The van der Waals surface area contributed by atoms with Gasteiger partial charge in [-0.05, 0) is 6.07 Å². The zero-order valence-electron chi connectivity index (χ0n) is 7.71. The van der Waals surface area contributed by atoms with Crippen LogP contribution in [-0.2, 0) is 7.05 Å². The topological polar surface area (TPSA) is 47.8 Å². The number of hydrogen-bond donors (Lipinski definition) is 0. The van der Waals surface area contributed by atoms with Crippen LogP contribution in [0.3, 0.4) is 0 Å². The lowest BCUT2D eigenvalue weighted by molar-refractivity contribution is 0.111. The van der Waals surface area contributed by atoms with E-state index >= 15 is 0 Å². The van der Waals surface area contributed by atoms with Crippen LogP contribution in [-0.4, -0.2) is 21.1 Å². The summed E-state index contributed by atoms with van der Waals surface area (Å²) in [6, 6.07) is 3.66. The molecule has 0 unspecified atom stereocenters. The van der Waals surface area contributed by atoms with Crippen LogP contribution in [0.25, 0.3) is 11.1 Å². The molecule has 0 bridgehead atoms. The summed E-state index contributed by atoms with van der Waals surface area (Å²) in [6.45, 7) is 0. The molecular formula is C10H9N3O. The molecule has 0 fully saturated rings. The predicted octanol–water partition coefficient (Wildman–Crippen LogP) is 1.29. The van der Waals surface area contributed by atoms with Crippen LogP contribution in [0.5, 0.6) is 0 Å². The van der Waals surface area contributed by atoms with E-state index in [4.69, 9.17) is 0 Å². The second-order valence-corrected chi connectivity index (χ2v) is 2.96. The van der Waals surface area contributed by atoms with Crippen molar-refractivity contribution in [3.05, 3.63) is 36.4 Å². The van der Waals surface area contributed by atoms with Gasteiger partial charge in [-0.15, -0.1) is 0 Å². The van der Waals surface area contributed by atoms with Gasteiger partial charge in [0.25, 0.3) is 0 Å². The monoisotopic (exact) mass is 187 g/mol. The maximum atomic E-state index is 10.7. The molecule has 0 aromatic carbocycles. The number of aromatic nitrogens is 3. The van der Waals surface area contributed by atoms with Gasteiger partial charge in [-0.1, -0.05) is 6.07 Å². The van der Waals surface area contributed by atoms with Crippen molar-refractivity contribution in [1.82, 2.24) is 14.8 Å². The summed E-state index contributed by atoms with van der Waals surface area (Å²) in [4.78, 5) is 14.7. The van der Waals surface area contributed by atoms with E-state index in [-0.39, 0.29) is 0 Å². The van der Waals surface area contributed by atoms with Crippen LogP contribution in [0, 0.1) is 0 Å². The molecule has 0 aliphatic heterocycles. The highest BCUT2D eigenvalue weighted by molar-refractivity contribution is 5.84. The van der Waals surface area contributed by atoms with E-state index in [0.717, 1.165) is 17.4 Å². The standard InChI is InChI=1S/C10H9N3O/c1-13-6-8(5-12-13)9-3-2-4-11-10(9)7-14/h2-7H,1H3. The van der Waals surface area contributed by atoms with Gasteiger partial charge in [0.05, 0.1) is 6.20 Å². The number of hydrogen-bond acceptors (Lipinski definition) is 3. The Hall–Kier alpha value is -1.97. The summed E-state index contributed by atoms with van der Waals surface area (Å²) in [5.74, 6) is 0. The molecule has 0 aliphatic rings. The minimum atomic E-state index is 0.445. The van der Waals surface area contributed by atoms with Gasteiger partial charge in [0.15, 0.2) is 6.29 Å². The van der Waals surface area contributed by atoms with Gasteiger partial charge in [-0.25, -0.2) is 0 Å². The highest BCUT2D eigenvalue weighted by Crippen LogP contribution is 2.19. The normalized spacial score (nSPS) is 10.1.